The fourth-order valence-corrected chi connectivity index (χ4v) is 5.64. The number of pyridine rings is 1. The number of allylic oxidation sites excluding steroid dienone is 1. The summed E-state index contributed by atoms with van der Waals surface area (Å²) in [5, 5.41) is 11.5. The fraction of sp³-hybridized carbons (Fsp3) is 0.217. The van der Waals surface area contributed by atoms with E-state index >= 15 is 0 Å². The molecule has 1 aliphatic rings. The molecule has 0 fully saturated rings. The maximum Gasteiger partial charge on any atom is 0.258 e. The van der Waals surface area contributed by atoms with Gasteiger partial charge in [-0.05, 0) is 54.2 Å². The largest absolute Gasteiger partial charge is 0.465 e. The predicted molar refractivity (Wildman–Crippen MR) is 132 cm³/mol. The Labute approximate surface area is 200 Å². The molecule has 3 heterocycles. The number of nitrogens with zero attached hydrogens (tertiary/aromatic N) is 3. The average Bonchev–Trinajstić information content (AvgIpc) is 3.43. The van der Waals surface area contributed by atoms with Crippen LogP contribution >= 0.6 is 11.3 Å². The summed E-state index contributed by atoms with van der Waals surface area (Å²) in [6.45, 7) is 2.14. The second-order valence-electron chi connectivity index (χ2n) is 8.27. The first kappa shape index (κ1) is 22.2. The Morgan fingerprint density at radius 1 is 1.15 bits per heavy atom. The monoisotopic (exact) mass is 495 g/mol. The van der Waals surface area contributed by atoms with Crippen LogP contribution in [0.3, 0.4) is 0 Å². The summed E-state index contributed by atoms with van der Waals surface area (Å²) < 4.78 is 30.7. The number of benzene rings is 1. The number of sulfonamides is 1. The molecule has 1 atom stereocenters. The maximum absolute atomic E-state index is 13.5. The first-order chi connectivity index (χ1) is 16.3. The first-order valence-corrected chi connectivity index (χ1v) is 13.3. The number of carbonyl (C=O) groups excluding carboxylic acids is 1. The molecule has 0 bridgehead atoms. The molecule has 174 valence electrons. The molecular weight excluding hydrogens is 474 g/mol. The van der Waals surface area contributed by atoms with E-state index in [0.29, 0.717) is 23.4 Å². The lowest BCUT2D eigenvalue weighted by molar-refractivity contribution is 0.102. The number of nitrogens with one attached hydrogen (secondary N) is 2. The molecule has 0 saturated heterocycles. The second-order valence-corrected chi connectivity index (χ2v) is 11.0. The van der Waals surface area contributed by atoms with E-state index in [2.05, 4.69) is 27.2 Å². The van der Waals surface area contributed by atoms with Crippen LogP contribution in [-0.2, 0) is 16.4 Å². The number of carbonyl (C=O) groups is 1. The van der Waals surface area contributed by atoms with Crippen molar-refractivity contribution in [2.75, 3.05) is 16.3 Å². The zero-order valence-electron chi connectivity index (χ0n) is 18.4. The van der Waals surface area contributed by atoms with E-state index in [1.54, 1.807) is 6.26 Å². The van der Waals surface area contributed by atoms with Crippen LogP contribution in [0.2, 0.25) is 0 Å². The molecule has 9 nitrogen and oxygen atoms in total. The average molecular weight is 496 g/mol. The number of fused-ring (bicyclic) bond motifs is 2. The van der Waals surface area contributed by atoms with Gasteiger partial charge in [0.25, 0.3) is 5.91 Å². The van der Waals surface area contributed by atoms with Crippen LogP contribution < -0.4 is 10.0 Å². The maximum atomic E-state index is 13.5. The van der Waals surface area contributed by atoms with Gasteiger partial charge >= 0.3 is 0 Å². The number of rotatable bonds is 5. The lowest BCUT2D eigenvalue weighted by atomic mass is 9.80. The standard InChI is InChI=1S/C23H21N5O4S2/c1-13-10-14(12-15-6-5-9-32-15)20-17(11-13)19(16-7-3-4-8-18(16)24-20)21(29)25-22-26-27-23(33-22)28-34(2,30)31/h3-9,12-13H,10-11H2,1-2H3,(H,27,28)(H,25,26,29). The van der Waals surface area contributed by atoms with Crippen LogP contribution in [0.15, 0.2) is 47.1 Å². The topological polar surface area (TPSA) is 127 Å². The molecule has 1 aromatic carbocycles. The van der Waals surface area contributed by atoms with Gasteiger partial charge in [-0.2, -0.15) is 0 Å². The molecule has 1 unspecified atom stereocenters. The Morgan fingerprint density at radius 2 is 1.94 bits per heavy atom. The van der Waals surface area contributed by atoms with Crippen LogP contribution in [0.4, 0.5) is 10.3 Å². The molecule has 0 aliphatic heterocycles. The highest BCUT2D eigenvalue weighted by Crippen LogP contribution is 2.39. The van der Waals surface area contributed by atoms with Crippen LogP contribution in [0.25, 0.3) is 22.6 Å². The van der Waals surface area contributed by atoms with Crippen molar-refractivity contribution in [2.24, 2.45) is 5.92 Å². The number of amides is 1. The van der Waals surface area contributed by atoms with Crippen LogP contribution in [0, 0.1) is 5.92 Å². The molecule has 0 radical (unpaired) electrons. The van der Waals surface area contributed by atoms with Gasteiger partial charge in [0.2, 0.25) is 20.3 Å². The number of hydrogen-bond donors (Lipinski definition) is 2. The minimum Gasteiger partial charge on any atom is -0.465 e. The van der Waals surface area contributed by atoms with Gasteiger partial charge in [0.1, 0.15) is 5.76 Å². The molecule has 2 N–H and O–H groups in total. The summed E-state index contributed by atoms with van der Waals surface area (Å²) in [4.78, 5) is 18.5. The van der Waals surface area contributed by atoms with Crippen LogP contribution in [-0.4, -0.2) is 35.8 Å². The zero-order chi connectivity index (χ0) is 23.9. The Kier molecular flexibility index (Phi) is 5.66. The Hall–Kier alpha value is -3.57. The Bertz CT molecular complexity index is 1520. The van der Waals surface area contributed by atoms with Gasteiger partial charge in [-0.3, -0.25) is 14.8 Å². The van der Waals surface area contributed by atoms with Crippen molar-refractivity contribution in [3.05, 3.63) is 65.2 Å². The molecule has 0 spiro atoms. The minimum absolute atomic E-state index is 0.0803. The highest BCUT2D eigenvalue weighted by Gasteiger charge is 2.28. The van der Waals surface area contributed by atoms with E-state index in [0.717, 1.165) is 52.0 Å². The third-order valence-corrected chi connectivity index (χ3v) is 6.87. The van der Waals surface area contributed by atoms with Crippen LogP contribution in [0.5, 0.6) is 0 Å². The van der Waals surface area contributed by atoms with Crippen molar-refractivity contribution < 1.29 is 17.6 Å². The fourth-order valence-electron chi connectivity index (χ4n) is 4.17. The van der Waals surface area contributed by atoms with E-state index < -0.39 is 10.0 Å². The van der Waals surface area contributed by atoms with E-state index in [4.69, 9.17) is 9.40 Å². The minimum atomic E-state index is -3.50. The molecular formula is C23H21N5O4S2. The summed E-state index contributed by atoms with van der Waals surface area (Å²) in [6, 6.07) is 11.2. The number of aromatic nitrogens is 3. The lowest BCUT2D eigenvalue weighted by Gasteiger charge is -2.26. The molecule has 3 aromatic heterocycles. The SMILES string of the molecule is CC1CC(=Cc2ccco2)c2nc3ccccc3c(C(=O)Nc3nnc(NS(C)(=O)=O)s3)c2C1. The van der Waals surface area contributed by atoms with E-state index in [-0.39, 0.29) is 16.2 Å². The van der Waals surface area contributed by atoms with Gasteiger partial charge in [0, 0.05) is 5.39 Å². The molecule has 0 saturated carbocycles. The summed E-state index contributed by atoms with van der Waals surface area (Å²) in [7, 11) is -3.50. The highest BCUT2D eigenvalue weighted by molar-refractivity contribution is 7.92. The molecule has 34 heavy (non-hydrogen) atoms. The van der Waals surface area contributed by atoms with Crippen molar-refractivity contribution in [1.29, 1.82) is 0 Å². The molecule has 1 aliphatic carbocycles. The number of anilines is 2. The van der Waals surface area contributed by atoms with Gasteiger partial charge in [-0.15, -0.1) is 10.2 Å². The molecule has 11 heteroatoms. The lowest BCUT2D eigenvalue weighted by Crippen LogP contribution is -2.21. The van der Waals surface area contributed by atoms with Crippen LogP contribution in [0.1, 0.15) is 40.7 Å². The highest BCUT2D eigenvalue weighted by atomic mass is 32.2. The third kappa shape index (κ3) is 4.57. The molecule has 1 amide bonds. The van der Waals surface area contributed by atoms with Gasteiger partial charge in [0.15, 0.2) is 0 Å². The summed E-state index contributed by atoms with van der Waals surface area (Å²) >= 11 is 0.946. The number of furan rings is 1. The molecule has 4 aromatic rings. The third-order valence-electron chi connectivity index (χ3n) is 5.42. The van der Waals surface area contributed by atoms with Gasteiger partial charge in [-0.1, -0.05) is 36.5 Å². The van der Waals surface area contributed by atoms with E-state index in [9.17, 15) is 13.2 Å². The Morgan fingerprint density at radius 3 is 2.71 bits per heavy atom. The second kappa shape index (κ2) is 8.65. The summed E-state index contributed by atoms with van der Waals surface area (Å²) in [5.74, 6) is 0.689. The summed E-state index contributed by atoms with van der Waals surface area (Å²) in [5.41, 5.74) is 3.91. The van der Waals surface area contributed by atoms with Gasteiger partial charge in [-0.25, -0.2) is 13.4 Å². The smallest absolute Gasteiger partial charge is 0.258 e. The van der Waals surface area contributed by atoms with Crippen molar-refractivity contribution in [3.8, 4) is 0 Å². The van der Waals surface area contributed by atoms with Gasteiger partial charge in [0.05, 0.1) is 29.3 Å². The van der Waals surface area contributed by atoms with E-state index in [1.165, 1.54) is 0 Å². The van der Waals surface area contributed by atoms with E-state index in [1.807, 2.05) is 42.5 Å². The zero-order valence-corrected chi connectivity index (χ0v) is 20.0. The number of para-hydroxylation sites is 1. The van der Waals surface area contributed by atoms with Crippen molar-refractivity contribution in [2.45, 2.75) is 19.8 Å². The van der Waals surface area contributed by atoms with Crippen molar-refractivity contribution >= 4 is 60.1 Å². The predicted octanol–water partition coefficient (Wildman–Crippen LogP) is 4.43. The van der Waals surface area contributed by atoms with Gasteiger partial charge < -0.3 is 4.42 Å². The van der Waals surface area contributed by atoms with Crippen molar-refractivity contribution in [1.82, 2.24) is 15.2 Å². The van der Waals surface area contributed by atoms with Crippen molar-refractivity contribution in [3.63, 3.8) is 0 Å². The summed E-state index contributed by atoms with van der Waals surface area (Å²) in [6.07, 6.45) is 6.14. The normalized spacial score (nSPS) is 17.0. The number of hydrogen-bond acceptors (Lipinski definition) is 8. The first-order valence-electron chi connectivity index (χ1n) is 10.6. The molecule has 5 rings (SSSR count). The quantitative estimate of drug-likeness (QED) is 0.419. The Balaban J connectivity index is 1.60.